The molecule has 0 amide bonds. The van der Waals surface area contributed by atoms with Crippen molar-refractivity contribution in [2.45, 2.75) is 25.2 Å². The van der Waals surface area contributed by atoms with Crippen molar-refractivity contribution in [1.82, 2.24) is 4.72 Å². The summed E-state index contributed by atoms with van der Waals surface area (Å²) in [5.41, 5.74) is 0.737. The minimum atomic E-state index is -3.83. The van der Waals surface area contributed by atoms with Crippen LogP contribution < -0.4 is 4.72 Å². The van der Waals surface area contributed by atoms with Gasteiger partial charge in [0.1, 0.15) is 0 Å². The second kappa shape index (κ2) is 6.50. The van der Waals surface area contributed by atoms with Crippen LogP contribution in [0.5, 0.6) is 0 Å². The number of aryl methyl sites for hydroxylation is 1. The minimum absolute atomic E-state index is 0.00297. The fourth-order valence-corrected chi connectivity index (χ4v) is 3.00. The molecule has 0 saturated carbocycles. The standard InChI is InChI=1S/C13H16N2O4S/c1-3-11(13(16)17)8-15-20(18,19)12-6-10(7-14)5-4-9(12)2/h4-6,11,15H,3,8H2,1-2H3,(H,16,17). The van der Waals surface area contributed by atoms with Crippen molar-refractivity contribution >= 4 is 16.0 Å². The molecule has 1 aromatic rings. The molecule has 20 heavy (non-hydrogen) atoms. The highest BCUT2D eigenvalue weighted by atomic mass is 32.2. The second-order valence-corrected chi connectivity index (χ2v) is 6.12. The molecule has 108 valence electrons. The summed E-state index contributed by atoms with van der Waals surface area (Å²) >= 11 is 0. The van der Waals surface area contributed by atoms with Crippen LogP contribution in [0.4, 0.5) is 0 Å². The third-order valence-electron chi connectivity index (χ3n) is 2.97. The fraction of sp³-hybridized carbons (Fsp3) is 0.385. The maximum absolute atomic E-state index is 12.2. The van der Waals surface area contributed by atoms with Crippen LogP contribution in [0.3, 0.4) is 0 Å². The predicted molar refractivity (Wildman–Crippen MR) is 72.5 cm³/mol. The molecule has 0 aromatic heterocycles. The highest BCUT2D eigenvalue weighted by Crippen LogP contribution is 2.17. The molecule has 0 bridgehead atoms. The molecule has 0 aliphatic heterocycles. The van der Waals surface area contributed by atoms with Gasteiger partial charge in [0, 0.05) is 6.54 Å². The Kier molecular flexibility index (Phi) is 5.25. The van der Waals surface area contributed by atoms with E-state index in [0.717, 1.165) is 0 Å². The number of sulfonamides is 1. The summed E-state index contributed by atoms with van der Waals surface area (Å²) in [6.45, 7) is 3.11. The number of carboxylic acids is 1. The number of hydrogen-bond acceptors (Lipinski definition) is 4. The molecule has 7 heteroatoms. The van der Waals surface area contributed by atoms with E-state index < -0.39 is 21.9 Å². The average Bonchev–Trinajstić information content (AvgIpc) is 2.39. The van der Waals surface area contributed by atoms with Crippen LogP contribution in [0.25, 0.3) is 0 Å². The van der Waals surface area contributed by atoms with Crippen molar-refractivity contribution in [3.63, 3.8) is 0 Å². The number of hydrogen-bond donors (Lipinski definition) is 2. The number of nitrogens with zero attached hydrogens (tertiary/aromatic N) is 1. The number of carboxylic acid groups (broad SMARTS) is 1. The van der Waals surface area contributed by atoms with Crippen LogP contribution >= 0.6 is 0 Å². The quantitative estimate of drug-likeness (QED) is 0.821. The Bertz CT molecular complexity index is 647. The molecule has 0 saturated heterocycles. The third-order valence-corrected chi connectivity index (χ3v) is 4.53. The number of aliphatic carboxylic acids is 1. The summed E-state index contributed by atoms with van der Waals surface area (Å²) in [6, 6.07) is 6.22. The van der Waals surface area contributed by atoms with E-state index in [1.807, 2.05) is 6.07 Å². The van der Waals surface area contributed by atoms with Crippen LogP contribution in [0.1, 0.15) is 24.5 Å². The molecule has 0 aliphatic carbocycles. The van der Waals surface area contributed by atoms with Gasteiger partial charge in [0.25, 0.3) is 0 Å². The lowest BCUT2D eigenvalue weighted by Crippen LogP contribution is -2.33. The van der Waals surface area contributed by atoms with E-state index in [1.165, 1.54) is 12.1 Å². The highest BCUT2D eigenvalue weighted by Gasteiger charge is 2.21. The molecule has 0 fully saturated rings. The first kappa shape index (κ1) is 16.1. The van der Waals surface area contributed by atoms with Crippen LogP contribution in [0.15, 0.2) is 23.1 Å². The van der Waals surface area contributed by atoms with E-state index in [2.05, 4.69) is 4.72 Å². The van der Waals surface area contributed by atoms with Crippen molar-refractivity contribution in [3.8, 4) is 6.07 Å². The monoisotopic (exact) mass is 296 g/mol. The number of benzene rings is 1. The lowest BCUT2D eigenvalue weighted by atomic mass is 10.1. The molecule has 0 aliphatic rings. The topological polar surface area (TPSA) is 107 Å². The molecular formula is C13H16N2O4S. The van der Waals surface area contributed by atoms with Gasteiger partial charge in [-0.3, -0.25) is 4.79 Å². The number of rotatable bonds is 6. The average molecular weight is 296 g/mol. The zero-order valence-corrected chi connectivity index (χ0v) is 12.1. The molecule has 0 radical (unpaired) electrons. The highest BCUT2D eigenvalue weighted by molar-refractivity contribution is 7.89. The minimum Gasteiger partial charge on any atom is -0.481 e. The smallest absolute Gasteiger partial charge is 0.307 e. The Labute approximate surface area is 118 Å². The van der Waals surface area contributed by atoms with E-state index in [0.29, 0.717) is 12.0 Å². The van der Waals surface area contributed by atoms with Gasteiger partial charge in [-0.1, -0.05) is 13.0 Å². The second-order valence-electron chi connectivity index (χ2n) is 4.39. The molecule has 0 heterocycles. The summed E-state index contributed by atoms with van der Waals surface area (Å²) in [5, 5.41) is 17.7. The van der Waals surface area contributed by atoms with Crippen molar-refractivity contribution in [3.05, 3.63) is 29.3 Å². The summed E-state index contributed by atoms with van der Waals surface area (Å²) in [5.74, 6) is -1.82. The van der Waals surface area contributed by atoms with Gasteiger partial charge in [0.05, 0.1) is 22.4 Å². The Morgan fingerprint density at radius 1 is 1.50 bits per heavy atom. The number of nitrogens with one attached hydrogen (secondary N) is 1. The SMILES string of the molecule is CCC(CNS(=O)(=O)c1cc(C#N)ccc1C)C(=O)O. The molecule has 1 aromatic carbocycles. The van der Waals surface area contributed by atoms with Crippen molar-refractivity contribution in [2.75, 3.05) is 6.54 Å². The van der Waals surface area contributed by atoms with Crippen molar-refractivity contribution in [2.24, 2.45) is 5.92 Å². The molecule has 6 nitrogen and oxygen atoms in total. The molecule has 1 atom stereocenters. The van der Waals surface area contributed by atoms with Gasteiger partial charge < -0.3 is 5.11 Å². The van der Waals surface area contributed by atoms with Gasteiger partial charge in [-0.2, -0.15) is 5.26 Å². The van der Waals surface area contributed by atoms with E-state index in [9.17, 15) is 13.2 Å². The molecule has 0 spiro atoms. The number of carbonyl (C=O) groups is 1. The predicted octanol–water partition coefficient (Wildman–Crippen LogP) is 1.26. The van der Waals surface area contributed by atoms with E-state index in [-0.39, 0.29) is 17.0 Å². The van der Waals surface area contributed by atoms with Gasteiger partial charge in [0.2, 0.25) is 10.0 Å². The van der Waals surface area contributed by atoms with Crippen LogP contribution in [0.2, 0.25) is 0 Å². The summed E-state index contributed by atoms with van der Waals surface area (Å²) < 4.78 is 26.6. The maximum Gasteiger partial charge on any atom is 0.307 e. The van der Waals surface area contributed by atoms with Crippen LogP contribution in [-0.2, 0) is 14.8 Å². The van der Waals surface area contributed by atoms with Gasteiger partial charge in [-0.15, -0.1) is 0 Å². The summed E-state index contributed by atoms with van der Waals surface area (Å²) in [7, 11) is -3.83. The first-order valence-electron chi connectivity index (χ1n) is 6.05. The van der Waals surface area contributed by atoms with E-state index in [4.69, 9.17) is 10.4 Å². The fourth-order valence-electron chi connectivity index (χ4n) is 1.65. The van der Waals surface area contributed by atoms with Gasteiger partial charge in [0.15, 0.2) is 0 Å². The van der Waals surface area contributed by atoms with E-state index >= 15 is 0 Å². The van der Waals surface area contributed by atoms with Gasteiger partial charge in [-0.05, 0) is 31.0 Å². The van der Waals surface area contributed by atoms with Gasteiger partial charge >= 0.3 is 5.97 Å². The molecule has 1 rings (SSSR count). The molecule has 1 unspecified atom stereocenters. The molecular weight excluding hydrogens is 280 g/mol. The Hall–Kier alpha value is -1.91. The van der Waals surface area contributed by atoms with Crippen LogP contribution in [0, 0.1) is 24.2 Å². The largest absolute Gasteiger partial charge is 0.481 e. The first-order valence-corrected chi connectivity index (χ1v) is 7.53. The van der Waals surface area contributed by atoms with E-state index in [1.54, 1.807) is 19.9 Å². The molecule has 2 N–H and O–H groups in total. The van der Waals surface area contributed by atoms with Crippen molar-refractivity contribution in [1.29, 1.82) is 5.26 Å². The van der Waals surface area contributed by atoms with Gasteiger partial charge in [-0.25, -0.2) is 13.1 Å². The number of nitriles is 1. The summed E-state index contributed by atoms with van der Waals surface area (Å²) in [4.78, 5) is 10.9. The lowest BCUT2D eigenvalue weighted by Gasteiger charge is -2.13. The zero-order valence-electron chi connectivity index (χ0n) is 11.3. The maximum atomic E-state index is 12.2. The Balaban J connectivity index is 3.00. The van der Waals surface area contributed by atoms with Crippen molar-refractivity contribution < 1.29 is 18.3 Å². The normalized spacial score (nSPS) is 12.7. The summed E-state index contributed by atoms with van der Waals surface area (Å²) in [6.07, 6.45) is 0.328. The Morgan fingerprint density at radius 2 is 2.15 bits per heavy atom. The Morgan fingerprint density at radius 3 is 2.65 bits per heavy atom. The first-order chi connectivity index (χ1) is 9.31. The van der Waals surface area contributed by atoms with Crippen LogP contribution in [-0.4, -0.2) is 26.0 Å². The lowest BCUT2D eigenvalue weighted by molar-refractivity contribution is -0.141. The third kappa shape index (κ3) is 3.79. The zero-order chi connectivity index (χ0) is 15.3.